The molecule has 0 amide bonds. The van der Waals surface area contributed by atoms with E-state index in [1.165, 1.54) is 0 Å². The van der Waals surface area contributed by atoms with Crippen molar-refractivity contribution in [3.05, 3.63) is 16.3 Å². The van der Waals surface area contributed by atoms with Gasteiger partial charge in [-0.1, -0.05) is 13.8 Å². The van der Waals surface area contributed by atoms with E-state index in [-0.39, 0.29) is 0 Å². The first-order valence-corrected chi connectivity index (χ1v) is 7.25. The van der Waals surface area contributed by atoms with Crippen LogP contribution in [0, 0.1) is 5.92 Å². The summed E-state index contributed by atoms with van der Waals surface area (Å²) in [6.45, 7) is 4.09. The highest BCUT2D eigenvalue weighted by molar-refractivity contribution is 8.06. The van der Waals surface area contributed by atoms with E-state index < -0.39 is 12.9 Å². The highest BCUT2D eigenvalue weighted by Gasteiger charge is 2.75. The lowest BCUT2D eigenvalue weighted by Crippen LogP contribution is -1.99. The van der Waals surface area contributed by atoms with Crippen LogP contribution in [-0.4, -0.2) is 4.98 Å². The van der Waals surface area contributed by atoms with Crippen LogP contribution < -0.4 is 21.9 Å². The molecule has 2 bridgehead atoms. The summed E-state index contributed by atoms with van der Waals surface area (Å²) in [5.41, 5.74) is 1.21. The Morgan fingerprint density at radius 2 is 2.00 bits per heavy atom. The largest absolute Gasteiger partial charge is 0.449 e. The fraction of sp³-hybridized carbons (Fsp3) is 0.364. The zero-order valence-corrected chi connectivity index (χ0v) is 10.3. The molecule has 6 heteroatoms. The minimum Gasteiger partial charge on any atom is -0.449 e. The number of fused-ring (bicyclic) bond motifs is 1. The molecule has 0 aliphatic carbocycles. The summed E-state index contributed by atoms with van der Waals surface area (Å²) in [6, 6.07) is 0. The molecule has 88 valence electrons. The number of hydrogen-bond acceptors (Lipinski definition) is 4. The number of oxazole rings is 1. The highest BCUT2D eigenvalue weighted by atomic mass is 31.2. The molecular formula is C11H10NO4P. The summed E-state index contributed by atoms with van der Waals surface area (Å²) in [7, 11) is -2.23. The number of furan rings is 1. The van der Waals surface area contributed by atoms with Crippen molar-refractivity contribution in [1.82, 2.24) is 4.98 Å². The Bertz CT molecular complexity index is 752. The fourth-order valence-corrected chi connectivity index (χ4v) is 4.82. The van der Waals surface area contributed by atoms with Gasteiger partial charge in [-0.15, -0.1) is 0 Å². The third-order valence-corrected chi connectivity index (χ3v) is 5.75. The van der Waals surface area contributed by atoms with Crippen LogP contribution in [-0.2, 0) is 11.0 Å². The average Bonchev–Trinajstić information content (AvgIpc) is 2.81. The monoisotopic (exact) mass is 251 g/mol. The van der Waals surface area contributed by atoms with E-state index in [1.807, 2.05) is 13.8 Å². The van der Waals surface area contributed by atoms with Gasteiger partial charge in [-0.3, -0.25) is 4.98 Å². The minimum atomic E-state index is -2.23. The number of rotatable bonds is 3. The van der Waals surface area contributed by atoms with E-state index in [0.29, 0.717) is 35.1 Å². The lowest BCUT2D eigenvalue weighted by atomic mass is 10.1. The van der Waals surface area contributed by atoms with Gasteiger partial charge in [-0.05, 0) is 5.92 Å². The SMILES string of the molecule is CC(C)Cc1oc(=O)[nH]c1-c1oc2c3c1P23=O. The number of aromatic nitrogens is 1. The second-order valence-electron chi connectivity index (χ2n) is 4.95. The first-order chi connectivity index (χ1) is 8.03. The van der Waals surface area contributed by atoms with E-state index in [2.05, 4.69) is 4.98 Å². The smallest absolute Gasteiger partial charge is 0.417 e. The molecule has 1 unspecified atom stereocenters. The summed E-state index contributed by atoms with van der Waals surface area (Å²) >= 11 is 0. The second-order valence-corrected chi connectivity index (χ2v) is 7.47. The Morgan fingerprint density at radius 3 is 2.53 bits per heavy atom. The van der Waals surface area contributed by atoms with Crippen LogP contribution in [0.25, 0.3) is 11.5 Å². The van der Waals surface area contributed by atoms with Crippen molar-refractivity contribution in [2.24, 2.45) is 5.92 Å². The fourth-order valence-electron chi connectivity index (χ4n) is 2.33. The van der Waals surface area contributed by atoms with Gasteiger partial charge in [0.05, 0.1) is 10.6 Å². The van der Waals surface area contributed by atoms with Crippen LogP contribution in [0.1, 0.15) is 19.6 Å². The first-order valence-electron chi connectivity index (χ1n) is 5.54. The van der Waals surface area contributed by atoms with Crippen molar-refractivity contribution in [2.75, 3.05) is 0 Å². The molecule has 0 saturated carbocycles. The van der Waals surface area contributed by atoms with Crippen LogP contribution >= 0.6 is 7.14 Å². The normalized spacial score (nSPS) is 23.0. The maximum Gasteiger partial charge on any atom is 0.417 e. The van der Waals surface area contributed by atoms with E-state index in [1.54, 1.807) is 0 Å². The van der Waals surface area contributed by atoms with Gasteiger partial charge in [-0.25, -0.2) is 4.79 Å². The van der Waals surface area contributed by atoms with Crippen molar-refractivity contribution < 1.29 is 13.4 Å². The second kappa shape index (κ2) is 2.51. The molecule has 0 saturated heterocycles. The predicted molar refractivity (Wildman–Crippen MR) is 62.1 cm³/mol. The van der Waals surface area contributed by atoms with Crippen LogP contribution in [0.15, 0.2) is 13.6 Å². The molecule has 0 fully saturated rings. The van der Waals surface area contributed by atoms with Gasteiger partial charge in [0.2, 0.25) is 7.14 Å². The Kier molecular flexibility index (Phi) is 1.41. The Labute approximate surface area is 96.2 Å². The standard InChI is InChI=1S/C11H10NO4P/c1-4(2)3-5-6(12-11(13)15-5)7-8-9-10(16-7)17(8,9)14/h4H,3H2,1-2H3,(H,12,13). The zero-order chi connectivity index (χ0) is 11.9. The van der Waals surface area contributed by atoms with E-state index in [4.69, 9.17) is 8.83 Å². The third-order valence-electron chi connectivity index (χ3n) is 3.20. The van der Waals surface area contributed by atoms with Crippen molar-refractivity contribution in [3.63, 3.8) is 0 Å². The molecule has 1 N–H and O–H groups in total. The maximum atomic E-state index is 11.9. The maximum absolute atomic E-state index is 11.9. The van der Waals surface area contributed by atoms with Gasteiger partial charge in [0, 0.05) is 6.42 Å². The molecular weight excluding hydrogens is 241 g/mol. The molecule has 0 radical (unpaired) electrons. The Hall–Kier alpha value is -1.48. The van der Waals surface area contributed by atoms with Crippen molar-refractivity contribution >= 4 is 23.3 Å². The van der Waals surface area contributed by atoms with Gasteiger partial charge in [-0.2, -0.15) is 0 Å². The molecule has 2 aromatic rings. The molecule has 3 aliphatic rings. The zero-order valence-electron chi connectivity index (χ0n) is 9.36. The number of H-pyrrole nitrogens is 1. The van der Waals surface area contributed by atoms with Gasteiger partial charge in [0.1, 0.15) is 11.5 Å². The molecule has 5 rings (SSSR count). The van der Waals surface area contributed by atoms with Crippen LogP contribution in [0.3, 0.4) is 0 Å². The van der Waals surface area contributed by atoms with Crippen molar-refractivity contribution in [1.29, 1.82) is 0 Å². The molecule has 5 heterocycles. The first kappa shape index (κ1) is 9.54. The predicted octanol–water partition coefficient (Wildman–Crippen LogP) is 0.693. The van der Waals surface area contributed by atoms with Crippen LogP contribution in [0.5, 0.6) is 0 Å². The Balaban J connectivity index is 1.85. The highest BCUT2D eigenvalue weighted by Crippen LogP contribution is 2.70. The van der Waals surface area contributed by atoms with Gasteiger partial charge < -0.3 is 13.4 Å². The van der Waals surface area contributed by atoms with E-state index >= 15 is 0 Å². The summed E-state index contributed by atoms with van der Waals surface area (Å²) in [5, 5.41) is 1.71. The average molecular weight is 251 g/mol. The third kappa shape index (κ3) is 0.967. The quantitative estimate of drug-likeness (QED) is 0.543. The summed E-state index contributed by atoms with van der Waals surface area (Å²) in [5.74, 6) is 1.03. The van der Waals surface area contributed by atoms with Gasteiger partial charge in [0.25, 0.3) is 0 Å². The topological polar surface area (TPSA) is 76.2 Å². The summed E-state index contributed by atoms with van der Waals surface area (Å²) < 4.78 is 22.4. The van der Waals surface area contributed by atoms with Crippen LogP contribution in [0.2, 0.25) is 0 Å². The van der Waals surface area contributed by atoms with Crippen molar-refractivity contribution in [3.8, 4) is 11.5 Å². The minimum absolute atomic E-state index is 0.373. The Morgan fingerprint density at radius 1 is 1.29 bits per heavy atom. The van der Waals surface area contributed by atoms with Gasteiger partial charge >= 0.3 is 5.76 Å². The molecule has 0 aromatic carbocycles. The van der Waals surface area contributed by atoms with Gasteiger partial charge in [0.15, 0.2) is 11.3 Å². The van der Waals surface area contributed by atoms with Crippen LogP contribution in [0.4, 0.5) is 0 Å². The molecule has 1 atom stereocenters. The van der Waals surface area contributed by atoms with E-state index in [9.17, 15) is 9.36 Å². The molecule has 0 spiro atoms. The molecule has 3 aliphatic heterocycles. The summed E-state index contributed by atoms with van der Waals surface area (Å²) in [6.07, 6.45) is 0.656. The van der Waals surface area contributed by atoms with Crippen molar-refractivity contribution in [2.45, 2.75) is 20.3 Å². The number of hydrogen-bond donors (Lipinski definition) is 1. The molecule has 5 nitrogen and oxygen atoms in total. The number of aromatic amines is 1. The molecule has 2 aromatic heterocycles. The lowest BCUT2D eigenvalue weighted by molar-refractivity contribution is 0.442. The lowest BCUT2D eigenvalue weighted by Gasteiger charge is -2.01. The molecule has 17 heavy (non-hydrogen) atoms. The summed E-state index contributed by atoms with van der Waals surface area (Å²) in [4.78, 5) is 13.9. The number of nitrogens with one attached hydrogen (secondary N) is 1. The van der Waals surface area contributed by atoms with E-state index in [0.717, 1.165) is 10.6 Å².